The molecule has 2 heterocycles. The zero-order valence-corrected chi connectivity index (χ0v) is 16.9. The van der Waals surface area contributed by atoms with Gasteiger partial charge in [0.2, 0.25) is 5.91 Å². The van der Waals surface area contributed by atoms with E-state index in [4.69, 9.17) is 4.74 Å². The maximum absolute atomic E-state index is 12.6. The van der Waals surface area contributed by atoms with Crippen molar-refractivity contribution in [2.45, 2.75) is 17.8 Å². The van der Waals surface area contributed by atoms with Gasteiger partial charge in [0.25, 0.3) is 11.1 Å². The number of thioether (sulfide) groups is 1. The lowest BCUT2D eigenvalue weighted by molar-refractivity contribution is -0.118. The van der Waals surface area contributed by atoms with Crippen LogP contribution in [0.5, 0.6) is 5.75 Å². The second-order valence-corrected chi connectivity index (χ2v) is 8.24. The third-order valence-electron chi connectivity index (χ3n) is 5.24. The van der Waals surface area contributed by atoms with Gasteiger partial charge < -0.3 is 14.5 Å². The number of para-hydroxylation sites is 1. The zero-order chi connectivity index (χ0) is 20.5. The summed E-state index contributed by atoms with van der Waals surface area (Å²) in [5.74, 6) is 0.416. The molecule has 150 valence electrons. The first-order valence-electron chi connectivity index (χ1n) is 9.26. The number of amides is 3. The molecule has 3 amide bonds. The molecule has 0 aromatic heterocycles. The van der Waals surface area contributed by atoms with E-state index in [0.29, 0.717) is 24.3 Å². The van der Waals surface area contributed by atoms with Crippen LogP contribution in [0.2, 0.25) is 0 Å². The summed E-state index contributed by atoms with van der Waals surface area (Å²) in [4.78, 5) is 39.3. The topological polar surface area (TPSA) is 79.0 Å². The van der Waals surface area contributed by atoms with Crippen LogP contribution in [-0.4, -0.2) is 54.1 Å². The van der Waals surface area contributed by atoms with E-state index in [9.17, 15) is 14.4 Å². The van der Waals surface area contributed by atoms with E-state index in [1.807, 2.05) is 60.5 Å². The molecule has 0 spiro atoms. The van der Waals surface area contributed by atoms with Gasteiger partial charge in [0.05, 0.1) is 16.5 Å². The van der Waals surface area contributed by atoms with Crippen molar-refractivity contribution in [1.29, 1.82) is 0 Å². The molecule has 2 aromatic rings. The van der Waals surface area contributed by atoms with E-state index >= 15 is 0 Å². The first kappa shape index (κ1) is 19.3. The molecular formula is C21H21N3O4S. The molecule has 4 rings (SSSR count). The molecule has 29 heavy (non-hydrogen) atoms. The molecule has 0 bridgehead atoms. The van der Waals surface area contributed by atoms with Crippen molar-refractivity contribution in [3.63, 3.8) is 0 Å². The highest BCUT2D eigenvalue weighted by molar-refractivity contribution is 8.15. The number of imide groups is 1. The Hall–Kier alpha value is -3.00. The van der Waals surface area contributed by atoms with E-state index in [1.54, 1.807) is 11.9 Å². The number of likely N-dealkylation sites (N-methyl/N-ethyl adjacent to an activating group) is 2. The summed E-state index contributed by atoms with van der Waals surface area (Å²) in [7, 11) is 3.72. The molecular weight excluding hydrogens is 390 g/mol. The summed E-state index contributed by atoms with van der Waals surface area (Å²) in [6, 6.07) is 15.0. The lowest BCUT2D eigenvalue weighted by Crippen LogP contribution is -2.54. The third kappa shape index (κ3) is 3.80. The highest BCUT2D eigenvalue weighted by Crippen LogP contribution is 2.29. The lowest BCUT2D eigenvalue weighted by atomic mass is 10.1. The summed E-state index contributed by atoms with van der Waals surface area (Å²) >= 11 is 1.02. The predicted molar refractivity (Wildman–Crippen MR) is 111 cm³/mol. The first-order chi connectivity index (χ1) is 13.9. The Morgan fingerprint density at radius 2 is 1.72 bits per heavy atom. The van der Waals surface area contributed by atoms with Crippen LogP contribution in [0.1, 0.15) is 15.9 Å². The number of benzene rings is 2. The Bertz CT molecular complexity index is 963. The summed E-state index contributed by atoms with van der Waals surface area (Å²) in [5.41, 5.74) is 2.53. The quantitative estimate of drug-likeness (QED) is 0.815. The van der Waals surface area contributed by atoms with E-state index in [2.05, 4.69) is 5.32 Å². The van der Waals surface area contributed by atoms with E-state index in [1.165, 1.54) is 0 Å². The fraction of sp³-hybridized carbons (Fsp3) is 0.286. The molecule has 8 heteroatoms. The van der Waals surface area contributed by atoms with Gasteiger partial charge in [0, 0.05) is 14.1 Å². The SMILES string of the molecule is CN1C(=O)c2ccccc2N(C)C1COc1ccc(CC2SC(=O)NC2=O)cc1. The molecule has 1 fully saturated rings. The van der Waals surface area contributed by atoms with Gasteiger partial charge in [-0.05, 0) is 36.2 Å². The number of hydrogen-bond acceptors (Lipinski definition) is 6. The number of ether oxygens (including phenoxy) is 1. The van der Waals surface area contributed by atoms with Gasteiger partial charge in [-0.2, -0.15) is 0 Å². The molecule has 0 aliphatic carbocycles. The van der Waals surface area contributed by atoms with Crippen LogP contribution < -0.4 is 15.0 Å². The Balaban J connectivity index is 1.40. The van der Waals surface area contributed by atoms with Crippen LogP contribution in [0.25, 0.3) is 0 Å². The minimum absolute atomic E-state index is 0.0236. The van der Waals surface area contributed by atoms with Crippen LogP contribution in [0.3, 0.4) is 0 Å². The number of nitrogens with one attached hydrogen (secondary N) is 1. The Kier molecular flexibility index (Phi) is 5.19. The summed E-state index contributed by atoms with van der Waals surface area (Å²) in [6.07, 6.45) is 0.267. The molecule has 7 nitrogen and oxygen atoms in total. The van der Waals surface area contributed by atoms with Crippen LogP contribution in [0, 0.1) is 0 Å². The van der Waals surface area contributed by atoms with Crippen molar-refractivity contribution in [1.82, 2.24) is 10.2 Å². The van der Waals surface area contributed by atoms with Gasteiger partial charge in [-0.25, -0.2) is 0 Å². The summed E-state index contributed by atoms with van der Waals surface area (Å²) in [5, 5.41) is 1.62. The molecule has 0 radical (unpaired) electrons. The Morgan fingerprint density at radius 3 is 2.41 bits per heavy atom. The van der Waals surface area contributed by atoms with Crippen molar-refractivity contribution in [2.24, 2.45) is 0 Å². The van der Waals surface area contributed by atoms with Crippen molar-refractivity contribution >= 4 is 34.5 Å². The van der Waals surface area contributed by atoms with Crippen LogP contribution in [-0.2, 0) is 11.2 Å². The lowest BCUT2D eigenvalue weighted by Gasteiger charge is -2.41. The first-order valence-corrected chi connectivity index (χ1v) is 10.1. The van der Waals surface area contributed by atoms with Crippen molar-refractivity contribution < 1.29 is 19.1 Å². The monoisotopic (exact) mass is 411 g/mol. The number of hydrogen-bond donors (Lipinski definition) is 1. The fourth-order valence-electron chi connectivity index (χ4n) is 3.57. The number of carbonyl (C=O) groups excluding carboxylic acids is 3. The van der Waals surface area contributed by atoms with Crippen molar-refractivity contribution in [2.75, 3.05) is 25.6 Å². The normalized spacial score (nSPS) is 21.2. The molecule has 2 aromatic carbocycles. The van der Waals surface area contributed by atoms with Crippen LogP contribution in [0.4, 0.5) is 10.5 Å². The minimum Gasteiger partial charge on any atom is -0.489 e. The molecule has 2 aliphatic rings. The fourth-order valence-corrected chi connectivity index (χ4v) is 4.43. The number of rotatable bonds is 5. The predicted octanol–water partition coefficient (Wildman–Crippen LogP) is 2.51. The van der Waals surface area contributed by atoms with E-state index < -0.39 is 0 Å². The van der Waals surface area contributed by atoms with Gasteiger partial charge in [-0.3, -0.25) is 19.7 Å². The Labute approximate surface area is 173 Å². The highest BCUT2D eigenvalue weighted by atomic mass is 32.2. The maximum atomic E-state index is 12.6. The zero-order valence-electron chi connectivity index (χ0n) is 16.1. The van der Waals surface area contributed by atoms with E-state index in [0.717, 1.165) is 23.0 Å². The van der Waals surface area contributed by atoms with Crippen LogP contribution in [0.15, 0.2) is 48.5 Å². The van der Waals surface area contributed by atoms with Gasteiger partial charge >= 0.3 is 0 Å². The van der Waals surface area contributed by atoms with Crippen molar-refractivity contribution in [3.05, 3.63) is 59.7 Å². The maximum Gasteiger partial charge on any atom is 0.286 e. The standard InChI is InChI=1S/C21H21N3O4S/c1-23-16-6-4-3-5-15(16)20(26)24(2)18(23)12-28-14-9-7-13(8-10-14)11-17-19(25)22-21(27)29-17/h3-10,17-18H,11-12H2,1-2H3,(H,22,25,27). The smallest absolute Gasteiger partial charge is 0.286 e. The Morgan fingerprint density at radius 1 is 1.00 bits per heavy atom. The van der Waals surface area contributed by atoms with E-state index in [-0.39, 0.29) is 28.5 Å². The highest BCUT2D eigenvalue weighted by Gasteiger charge is 2.34. The van der Waals surface area contributed by atoms with Gasteiger partial charge in [0.15, 0.2) is 0 Å². The van der Waals surface area contributed by atoms with Gasteiger partial charge in [-0.1, -0.05) is 36.0 Å². The number of nitrogens with zero attached hydrogens (tertiary/aromatic N) is 2. The molecule has 2 unspecified atom stereocenters. The summed E-state index contributed by atoms with van der Waals surface area (Å²) < 4.78 is 5.94. The van der Waals surface area contributed by atoms with Gasteiger partial charge in [0.1, 0.15) is 18.5 Å². The minimum atomic E-state index is -0.384. The number of carbonyl (C=O) groups is 3. The molecule has 0 saturated carbocycles. The largest absolute Gasteiger partial charge is 0.489 e. The second-order valence-electron chi connectivity index (χ2n) is 7.07. The third-order valence-corrected chi connectivity index (χ3v) is 6.22. The average Bonchev–Trinajstić information content (AvgIpc) is 3.04. The van der Waals surface area contributed by atoms with Crippen molar-refractivity contribution in [3.8, 4) is 5.75 Å². The number of fused-ring (bicyclic) bond motifs is 1. The summed E-state index contributed by atoms with van der Waals surface area (Å²) in [6.45, 7) is 0.321. The molecule has 2 aliphatic heterocycles. The second kappa shape index (κ2) is 7.79. The molecule has 1 saturated heterocycles. The molecule has 2 atom stereocenters. The van der Waals surface area contributed by atoms with Crippen LogP contribution >= 0.6 is 11.8 Å². The molecule has 1 N–H and O–H groups in total. The number of anilines is 1. The average molecular weight is 411 g/mol. The van der Waals surface area contributed by atoms with Gasteiger partial charge in [-0.15, -0.1) is 0 Å².